The van der Waals surface area contributed by atoms with E-state index in [1.807, 2.05) is 59.5 Å². The molecule has 2 aromatic carbocycles. The van der Waals surface area contributed by atoms with Crippen molar-refractivity contribution in [2.24, 2.45) is 5.92 Å². The molecule has 30 heavy (non-hydrogen) atoms. The number of hydrogen-bond donors (Lipinski definition) is 1. The molecule has 0 bridgehead atoms. The van der Waals surface area contributed by atoms with Crippen molar-refractivity contribution in [1.82, 2.24) is 9.80 Å². The zero-order valence-corrected chi connectivity index (χ0v) is 17.0. The maximum atomic E-state index is 13.1. The zero-order valence-electron chi connectivity index (χ0n) is 17.0. The molecular formula is C24H27N3O3. The van der Waals surface area contributed by atoms with Crippen LogP contribution in [0.3, 0.4) is 0 Å². The molecule has 2 fully saturated rings. The number of para-hydroxylation sites is 1. The van der Waals surface area contributed by atoms with Gasteiger partial charge in [-0.3, -0.25) is 14.4 Å². The molecular weight excluding hydrogens is 378 g/mol. The van der Waals surface area contributed by atoms with E-state index in [0.29, 0.717) is 31.6 Å². The van der Waals surface area contributed by atoms with E-state index in [4.69, 9.17) is 0 Å². The molecule has 4 rings (SSSR count). The van der Waals surface area contributed by atoms with Crippen LogP contribution in [0.2, 0.25) is 0 Å². The Labute approximate surface area is 176 Å². The first-order chi connectivity index (χ1) is 14.6. The van der Waals surface area contributed by atoms with Crippen LogP contribution in [0.15, 0.2) is 54.6 Å². The summed E-state index contributed by atoms with van der Waals surface area (Å²) in [5.41, 5.74) is 2.35. The van der Waals surface area contributed by atoms with Gasteiger partial charge in [0.2, 0.25) is 11.8 Å². The summed E-state index contributed by atoms with van der Waals surface area (Å²) in [6.45, 7) is 2.40. The lowest BCUT2D eigenvalue weighted by Gasteiger charge is -2.32. The van der Waals surface area contributed by atoms with Crippen LogP contribution in [-0.2, 0) is 16.1 Å². The highest BCUT2D eigenvalue weighted by atomic mass is 16.2. The molecule has 3 amide bonds. The van der Waals surface area contributed by atoms with Crippen molar-refractivity contribution < 1.29 is 14.4 Å². The second kappa shape index (κ2) is 9.11. The van der Waals surface area contributed by atoms with Crippen LogP contribution >= 0.6 is 0 Å². The van der Waals surface area contributed by atoms with Gasteiger partial charge in [-0.2, -0.15) is 0 Å². The molecule has 2 aliphatic rings. The molecule has 1 unspecified atom stereocenters. The number of benzene rings is 2. The van der Waals surface area contributed by atoms with Gasteiger partial charge in [0.25, 0.3) is 5.91 Å². The van der Waals surface area contributed by atoms with Crippen molar-refractivity contribution >= 4 is 23.4 Å². The van der Waals surface area contributed by atoms with Gasteiger partial charge in [0.15, 0.2) is 0 Å². The number of nitrogens with one attached hydrogen (secondary N) is 1. The maximum absolute atomic E-state index is 13.1. The van der Waals surface area contributed by atoms with E-state index in [1.54, 1.807) is 4.90 Å². The smallest absolute Gasteiger partial charge is 0.253 e. The van der Waals surface area contributed by atoms with Gasteiger partial charge in [-0.15, -0.1) is 0 Å². The maximum Gasteiger partial charge on any atom is 0.253 e. The van der Waals surface area contributed by atoms with E-state index in [2.05, 4.69) is 5.32 Å². The third kappa shape index (κ3) is 4.70. The molecule has 2 aromatic rings. The quantitative estimate of drug-likeness (QED) is 0.830. The largest absolute Gasteiger partial charge is 0.338 e. The lowest BCUT2D eigenvalue weighted by molar-refractivity contribution is -0.128. The van der Waals surface area contributed by atoms with Gasteiger partial charge in [0.05, 0.1) is 5.92 Å². The Bertz CT molecular complexity index is 928. The van der Waals surface area contributed by atoms with Gasteiger partial charge < -0.3 is 15.1 Å². The second-order valence-corrected chi connectivity index (χ2v) is 8.06. The zero-order chi connectivity index (χ0) is 20.9. The van der Waals surface area contributed by atoms with E-state index in [-0.39, 0.29) is 23.6 Å². The van der Waals surface area contributed by atoms with Crippen LogP contribution in [0.1, 0.15) is 41.6 Å². The standard InChI is InChI=1S/C24H27N3O3/c28-22-12-6-13-26(22)16-18-7-4-8-19(15-18)24(30)27-14-5-9-20(17-27)23(29)25-21-10-2-1-3-11-21/h1-4,7-8,10-11,15,20H,5-6,9,12-14,16-17H2,(H,25,29). The fourth-order valence-corrected chi connectivity index (χ4v) is 4.22. The molecule has 1 N–H and O–H groups in total. The SMILES string of the molecule is O=C(Nc1ccccc1)C1CCCN(C(=O)c2cccc(CN3CCCC3=O)c2)C1. The molecule has 2 aliphatic heterocycles. The van der Waals surface area contributed by atoms with Crippen molar-refractivity contribution in [3.8, 4) is 0 Å². The molecule has 0 aliphatic carbocycles. The minimum Gasteiger partial charge on any atom is -0.338 e. The summed E-state index contributed by atoms with van der Waals surface area (Å²) in [5, 5.41) is 2.95. The van der Waals surface area contributed by atoms with Gasteiger partial charge in [-0.25, -0.2) is 0 Å². The third-order valence-corrected chi connectivity index (χ3v) is 5.84. The highest BCUT2D eigenvalue weighted by Crippen LogP contribution is 2.22. The summed E-state index contributed by atoms with van der Waals surface area (Å²) >= 11 is 0. The van der Waals surface area contributed by atoms with E-state index >= 15 is 0 Å². The highest BCUT2D eigenvalue weighted by Gasteiger charge is 2.29. The summed E-state index contributed by atoms with van der Waals surface area (Å²) in [5.74, 6) is -0.134. The van der Waals surface area contributed by atoms with Crippen molar-refractivity contribution in [3.63, 3.8) is 0 Å². The summed E-state index contributed by atoms with van der Waals surface area (Å²) in [7, 11) is 0. The Morgan fingerprint density at radius 1 is 1.00 bits per heavy atom. The number of amides is 3. The normalized spacial score (nSPS) is 19.1. The van der Waals surface area contributed by atoms with E-state index in [9.17, 15) is 14.4 Å². The molecule has 0 radical (unpaired) electrons. The summed E-state index contributed by atoms with van der Waals surface area (Å²) in [4.78, 5) is 41.3. The molecule has 0 saturated carbocycles. The Hall–Kier alpha value is -3.15. The van der Waals surface area contributed by atoms with Gasteiger partial charge in [0, 0.05) is 43.9 Å². The first-order valence-corrected chi connectivity index (χ1v) is 10.6. The lowest BCUT2D eigenvalue weighted by atomic mass is 9.96. The first kappa shape index (κ1) is 20.1. The number of carbonyl (C=O) groups excluding carboxylic acids is 3. The van der Waals surface area contributed by atoms with E-state index < -0.39 is 0 Å². The van der Waals surface area contributed by atoms with Gasteiger partial charge >= 0.3 is 0 Å². The van der Waals surface area contributed by atoms with Crippen molar-refractivity contribution in [3.05, 3.63) is 65.7 Å². The molecule has 1 atom stereocenters. The van der Waals surface area contributed by atoms with Gasteiger partial charge in [-0.1, -0.05) is 30.3 Å². The predicted molar refractivity (Wildman–Crippen MR) is 115 cm³/mol. The molecule has 0 aromatic heterocycles. The summed E-state index contributed by atoms with van der Waals surface area (Å²) in [6, 6.07) is 16.9. The van der Waals surface area contributed by atoms with Crippen LogP contribution in [0.4, 0.5) is 5.69 Å². The molecule has 156 valence electrons. The Kier molecular flexibility index (Phi) is 6.12. The predicted octanol–water partition coefficient (Wildman–Crippen LogP) is 3.30. The average Bonchev–Trinajstić information content (AvgIpc) is 3.18. The van der Waals surface area contributed by atoms with Crippen LogP contribution in [0, 0.1) is 5.92 Å². The molecule has 0 spiro atoms. The lowest BCUT2D eigenvalue weighted by Crippen LogP contribution is -2.43. The minimum atomic E-state index is -0.215. The van der Waals surface area contributed by atoms with Crippen LogP contribution in [-0.4, -0.2) is 47.2 Å². The molecule has 6 nitrogen and oxygen atoms in total. The van der Waals surface area contributed by atoms with Crippen molar-refractivity contribution in [1.29, 1.82) is 0 Å². The third-order valence-electron chi connectivity index (χ3n) is 5.84. The molecule has 2 heterocycles. The minimum absolute atomic E-state index is 0.0417. The average molecular weight is 405 g/mol. The number of nitrogens with zero attached hydrogens (tertiary/aromatic N) is 2. The van der Waals surface area contributed by atoms with Gasteiger partial charge in [-0.05, 0) is 49.1 Å². The van der Waals surface area contributed by atoms with Crippen LogP contribution in [0.25, 0.3) is 0 Å². The number of likely N-dealkylation sites (tertiary alicyclic amines) is 2. The Balaban J connectivity index is 1.39. The summed E-state index contributed by atoms with van der Waals surface area (Å²) in [6.07, 6.45) is 3.09. The highest BCUT2D eigenvalue weighted by molar-refractivity contribution is 5.96. The fourth-order valence-electron chi connectivity index (χ4n) is 4.22. The van der Waals surface area contributed by atoms with Crippen LogP contribution in [0.5, 0.6) is 0 Å². The number of carbonyl (C=O) groups is 3. The number of piperidine rings is 1. The Morgan fingerprint density at radius 2 is 1.83 bits per heavy atom. The number of anilines is 1. The van der Waals surface area contributed by atoms with E-state index in [1.165, 1.54) is 0 Å². The summed E-state index contributed by atoms with van der Waals surface area (Å²) < 4.78 is 0. The first-order valence-electron chi connectivity index (χ1n) is 10.6. The topological polar surface area (TPSA) is 69.7 Å². The molecule has 6 heteroatoms. The van der Waals surface area contributed by atoms with Crippen LogP contribution < -0.4 is 5.32 Å². The fraction of sp³-hybridized carbons (Fsp3) is 0.375. The number of hydrogen-bond acceptors (Lipinski definition) is 3. The van der Waals surface area contributed by atoms with Gasteiger partial charge in [0.1, 0.15) is 0 Å². The van der Waals surface area contributed by atoms with E-state index in [0.717, 1.165) is 37.1 Å². The Morgan fingerprint density at radius 3 is 2.60 bits per heavy atom. The molecule has 2 saturated heterocycles. The second-order valence-electron chi connectivity index (χ2n) is 8.06. The van der Waals surface area contributed by atoms with Crippen molar-refractivity contribution in [2.75, 3.05) is 25.0 Å². The monoisotopic (exact) mass is 405 g/mol. The van der Waals surface area contributed by atoms with Crippen molar-refractivity contribution in [2.45, 2.75) is 32.2 Å². The number of rotatable bonds is 5.